The van der Waals surface area contributed by atoms with E-state index in [1.165, 1.54) is 30.5 Å². The second-order valence-corrected chi connectivity index (χ2v) is 4.09. The summed E-state index contributed by atoms with van der Waals surface area (Å²) in [5, 5.41) is 11.7. The zero-order valence-corrected chi connectivity index (χ0v) is 10.3. The zero-order valence-electron chi connectivity index (χ0n) is 9.52. The average Bonchev–Trinajstić information content (AvgIpc) is 2.36. The van der Waals surface area contributed by atoms with Crippen molar-refractivity contribution in [2.45, 2.75) is 0 Å². The molecule has 0 saturated carbocycles. The second-order valence-electron chi connectivity index (χ2n) is 3.68. The van der Waals surface area contributed by atoms with Gasteiger partial charge in [-0.15, -0.1) is 0 Å². The Labute approximate surface area is 112 Å². The maximum atomic E-state index is 13.0. The van der Waals surface area contributed by atoms with Crippen LogP contribution in [0.2, 0.25) is 5.02 Å². The van der Waals surface area contributed by atoms with Gasteiger partial charge in [-0.3, -0.25) is 0 Å². The SMILES string of the molecule is Nc1c(C(=O)O)ccnc1Nc1ccc(F)c(Cl)c1. The topological polar surface area (TPSA) is 88.2 Å². The molecule has 98 valence electrons. The number of nitrogen functional groups attached to an aromatic ring is 1. The van der Waals surface area contributed by atoms with Crippen molar-refractivity contribution in [3.8, 4) is 0 Å². The molecule has 0 aliphatic heterocycles. The van der Waals surface area contributed by atoms with Crippen LogP contribution in [-0.4, -0.2) is 16.1 Å². The third-order valence-electron chi connectivity index (χ3n) is 2.40. The highest BCUT2D eigenvalue weighted by Crippen LogP contribution is 2.26. The summed E-state index contributed by atoms with van der Waals surface area (Å²) in [6.07, 6.45) is 1.31. The standard InChI is InChI=1S/C12H9ClFN3O2/c13-8-5-6(1-2-9(8)14)17-11-10(15)7(12(18)19)3-4-16-11/h1-5H,15H2,(H,16,17)(H,18,19). The Morgan fingerprint density at radius 1 is 1.42 bits per heavy atom. The number of halogens is 2. The summed E-state index contributed by atoms with van der Waals surface area (Å²) < 4.78 is 13.0. The Balaban J connectivity index is 2.35. The van der Waals surface area contributed by atoms with E-state index in [2.05, 4.69) is 10.3 Å². The first-order chi connectivity index (χ1) is 8.99. The van der Waals surface area contributed by atoms with Crippen LogP contribution in [-0.2, 0) is 0 Å². The van der Waals surface area contributed by atoms with Crippen LogP contribution in [0.1, 0.15) is 10.4 Å². The van der Waals surface area contributed by atoms with Crippen molar-refractivity contribution in [1.29, 1.82) is 0 Å². The third kappa shape index (κ3) is 2.74. The van der Waals surface area contributed by atoms with E-state index in [-0.39, 0.29) is 22.1 Å². The fraction of sp³-hybridized carbons (Fsp3) is 0. The molecule has 0 spiro atoms. The molecule has 2 aromatic rings. The van der Waals surface area contributed by atoms with Crippen LogP contribution in [0.5, 0.6) is 0 Å². The van der Waals surface area contributed by atoms with Gasteiger partial charge in [-0.05, 0) is 24.3 Å². The van der Waals surface area contributed by atoms with Gasteiger partial charge in [-0.25, -0.2) is 14.2 Å². The average molecular weight is 282 g/mol. The molecule has 0 aliphatic rings. The molecule has 1 heterocycles. The first kappa shape index (κ1) is 13.1. The van der Waals surface area contributed by atoms with E-state index >= 15 is 0 Å². The van der Waals surface area contributed by atoms with Crippen molar-refractivity contribution < 1.29 is 14.3 Å². The highest BCUT2D eigenvalue weighted by Gasteiger charge is 2.12. The number of hydrogen-bond acceptors (Lipinski definition) is 4. The molecule has 19 heavy (non-hydrogen) atoms. The zero-order chi connectivity index (χ0) is 14.0. The number of nitrogens with two attached hydrogens (primary N) is 1. The first-order valence-corrected chi connectivity index (χ1v) is 5.56. The summed E-state index contributed by atoms with van der Waals surface area (Å²) in [4.78, 5) is 14.9. The Morgan fingerprint density at radius 2 is 2.16 bits per heavy atom. The van der Waals surface area contributed by atoms with Gasteiger partial charge in [-0.2, -0.15) is 0 Å². The summed E-state index contributed by atoms with van der Waals surface area (Å²) in [6.45, 7) is 0. The van der Waals surface area contributed by atoms with Gasteiger partial charge in [0.25, 0.3) is 0 Å². The van der Waals surface area contributed by atoms with Crippen LogP contribution in [0.15, 0.2) is 30.5 Å². The number of carboxylic acids is 1. The number of rotatable bonds is 3. The summed E-state index contributed by atoms with van der Waals surface area (Å²) in [7, 11) is 0. The maximum absolute atomic E-state index is 13.0. The normalized spacial score (nSPS) is 10.2. The molecule has 0 amide bonds. The number of aromatic nitrogens is 1. The van der Waals surface area contributed by atoms with Crippen LogP contribution in [0, 0.1) is 5.82 Å². The Hall–Kier alpha value is -2.34. The predicted molar refractivity (Wildman–Crippen MR) is 70.3 cm³/mol. The molecule has 1 aromatic heterocycles. The number of hydrogen-bond donors (Lipinski definition) is 3. The summed E-state index contributed by atoms with van der Waals surface area (Å²) >= 11 is 5.64. The molecular weight excluding hydrogens is 273 g/mol. The van der Waals surface area contributed by atoms with E-state index in [0.29, 0.717) is 5.69 Å². The quantitative estimate of drug-likeness (QED) is 0.805. The molecule has 0 fully saturated rings. The van der Waals surface area contributed by atoms with Gasteiger partial charge in [0.1, 0.15) is 5.82 Å². The molecule has 0 unspecified atom stereocenters. The summed E-state index contributed by atoms with van der Waals surface area (Å²) in [5.74, 6) is -1.53. The van der Waals surface area contributed by atoms with Crippen LogP contribution < -0.4 is 11.1 Å². The van der Waals surface area contributed by atoms with Gasteiger partial charge in [0.2, 0.25) is 0 Å². The number of anilines is 3. The number of aromatic carboxylic acids is 1. The minimum absolute atomic E-state index is 0.00422. The molecule has 0 aliphatic carbocycles. The fourth-order valence-electron chi connectivity index (χ4n) is 1.47. The number of benzene rings is 1. The summed E-state index contributed by atoms with van der Waals surface area (Å²) in [5.41, 5.74) is 6.07. The van der Waals surface area contributed by atoms with Crippen molar-refractivity contribution in [2.75, 3.05) is 11.1 Å². The number of nitrogens with zero attached hydrogens (tertiary/aromatic N) is 1. The molecule has 2 rings (SSSR count). The van der Waals surface area contributed by atoms with Gasteiger partial charge in [0, 0.05) is 11.9 Å². The monoisotopic (exact) mass is 281 g/mol. The molecule has 7 heteroatoms. The van der Waals surface area contributed by atoms with Crippen molar-refractivity contribution in [2.24, 2.45) is 0 Å². The lowest BCUT2D eigenvalue weighted by atomic mass is 10.2. The number of carbonyl (C=O) groups is 1. The van der Waals surface area contributed by atoms with Crippen molar-refractivity contribution in [3.05, 3.63) is 46.9 Å². The van der Waals surface area contributed by atoms with Crippen molar-refractivity contribution in [1.82, 2.24) is 4.98 Å². The van der Waals surface area contributed by atoms with Gasteiger partial charge in [-0.1, -0.05) is 11.6 Å². The number of carboxylic acid groups (broad SMARTS) is 1. The Bertz CT molecular complexity index is 649. The van der Waals surface area contributed by atoms with E-state index < -0.39 is 11.8 Å². The molecule has 0 bridgehead atoms. The minimum Gasteiger partial charge on any atom is -0.478 e. The molecule has 4 N–H and O–H groups in total. The molecule has 0 radical (unpaired) electrons. The highest BCUT2D eigenvalue weighted by atomic mass is 35.5. The van der Waals surface area contributed by atoms with Crippen LogP contribution in [0.25, 0.3) is 0 Å². The number of nitrogens with one attached hydrogen (secondary N) is 1. The third-order valence-corrected chi connectivity index (χ3v) is 2.69. The van der Waals surface area contributed by atoms with Gasteiger partial charge in [0.15, 0.2) is 5.82 Å². The lowest BCUT2D eigenvalue weighted by Gasteiger charge is -2.10. The molecular formula is C12H9ClFN3O2. The van der Waals surface area contributed by atoms with Crippen LogP contribution in [0.4, 0.5) is 21.6 Å². The summed E-state index contributed by atoms with van der Waals surface area (Å²) in [6, 6.07) is 5.27. The van der Waals surface area contributed by atoms with E-state index in [4.69, 9.17) is 22.4 Å². The molecule has 0 atom stereocenters. The van der Waals surface area contributed by atoms with E-state index in [9.17, 15) is 9.18 Å². The van der Waals surface area contributed by atoms with Crippen LogP contribution in [0.3, 0.4) is 0 Å². The van der Waals surface area contributed by atoms with Crippen molar-refractivity contribution in [3.63, 3.8) is 0 Å². The second kappa shape index (κ2) is 5.11. The van der Waals surface area contributed by atoms with Crippen LogP contribution >= 0.6 is 11.6 Å². The Kier molecular flexibility index (Phi) is 3.52. The molecule has 5 nitrogen and oxygen atoms in total. The van der Waals surface area contributed by atoms with E-state index in [1.807, 2.05) is 0 Å². The lowest BCUT2D eigenvalue weighted by Crippen LogP contribution is -2.07. The first-order valence-electron chi connectivity index (χ1n) is 5.19. The largest absolute Gasteiger partial charge is 0.478 e. The minimum atomic E-state index is -1.15. The van der Waals surface area contributed by atoms with Gasteiger partial charge in [0.05, 0.1) is 16.3 Å². The molecule has 1 aromatic carbocycles. The van der Waals surface area contributed by atoms with Crippen molar-refractivity contribution >= 4 is 34.8 Å². The molecule has 0 saturated heterocycles. The van der Waals surface area contributed by atoms with Gasteiger partial charge >= 0.3 is 5.97 Å². The highest BCUT2D eigenvalue weighted by molar-refractivity contribution is 6.31. The van der Waals surface area contributed by atoms with E-state index in [0.717, 1.165) is 0 Å². The predicted octanol–water partition coefficient (Wildman–Crippen LogP) is 2.90. The lowest BCUT2D eigenvalue weighted by molar-refractivity contribution is 0.0698. The van der Waals surface area contributed by atoms with Gasteiger partial charge < -0.3 is 16.2 Å². The maximum Gasteiger partial charge on any atom is 0.337 e. The van der Waals surface area contributed by atoms with E-state index in [1.54, 1.807) is 0 Å². The number of pyridine rings is 1. The smallest absolute Gasteiger partial charge is 0.337 e. The fourth-order valence-corrected chi connectivity index (χ4v) is 1.65. The Morgan fingerprint density at radius 3 is 2.79 bits per heavy atom.